The number of nitrogens with two attached hydrogens (primary N) is 1. The molecule has 0 aliphatic carbocycles. The summed E-state index contributed by atoms with van der Waals surface area (Å²) >= 11 is 0. The molecule has 0 bridgehead atoms. The number of rotatable bonds is 4. The molecule has 0 saturated carbocycles. The number of para-hydroxylation sites is 1. The first-order chi connectivity index (χ1) is 14.1. The number of amides is 2. The normalized spacial score (nSPS) is 14.4. The highest BCUT2D eigenvalue weighted by Gasteiger charge is 2.35. The fourth-order valence-electron chi connectivity index (χ4n) is 4.05. The molecule has 3 heterocycles. The molecule has 0 radical (unpaired) electrons. The number of hydrogen-bond donors (Lipinski definition) is 4. The van der Waals surface area contributed by atoms with Crippen LogP contribution in [0, 0.1) is 0 Å². The second-order valence-electron chi connectivity index (χ2n) is 7.01. The van der Waals surface area contributed by atoms with Gasteiger partial charge in [0.15, 0.2) is 0 Å². The summed E-state index contributed by atoms with van der Waals surface area (Å²) in [4.78, 5) is 28.7. The number of imide groups is 1. The standard InChI is InChI=1S/C22H18N4O3/c23-7-8-26-11-16(14-6-5-12(27)9-18(14)26)20-19(21(28)25-22(20)29)15-10-24-17-4-2-1-3-13(15)17/h1-6,9-11,24,27H,7-8,23H2,(H,25,28,29). The molecule has 2 amide bonds. The van der Waals surface area contributed by atoms with Crippen molar-refractivity contribution in [2.24, 2.45) is 5.73 Å². The number of hydrogen-bond acceptors (Lipinski definition) is 4. The van der Waals surface area contributed by atoms with Gasteiger partial charge in [0.1, 0.15) is 5.75 Å². The van der Waals surface area contributed by atoms with Crippen molar-refractivity contribution in [1.82, 2.24) is 14.9 Å². The number of carbonyl (C=O) groups excluding carboxylic acids is 2. The number of fused-ring (bicyclic) bond motifs is 2. The van der Waals surface area contributed by atoms with Crippen molar-refractivity contribution in [3.05, 3.63) is 66.0 Å². The molecule has 144 valence electrons. The average Bonchev–Trinajstić information content (AvgIpc) is 3.35. The molecule has 4 aromatic rings. The van der Waals surface area contributed by atoms with E-state index in [2.05, 4.69) is 10.3 Å². The van der Waals surface area contributed by atoms with E-state index in [1.807, 2.05) is 35.0 Å². The zero-order valence-corrected chi connectivity index (χ0v) is 15.4. The van der Waals surface area contributed by atoms with Crippen LogP contribution in [-0.4, -0.2) is 33.0 Å². The maximum absolute atomic E-state index is 12.8. The summed E-state index contributed by atoms with van der Waals surface area (Å²) in [6, 6.07) is 12.6. The van der Waals surface area contributed by atoms with E-state index in [0.29, 0.717) is 35.4 Å². The lowest BCUT2D eigenvalue weighted by Gasteiger charge is -2.03. The summed E-state index contributed by atoms with van der Waals surface area (Å²) in [6.45, 7) is 0.920. The van der Waals surface area contributed by atoms with Crippen LogP contribution in [0.3, 0.4) is 0 Å². The number of aromatic hydroxyl groups is 1. The van der Waals surface area contributed by atoms with Crippen LogP contribution in [0.4, 0.5) is 0 Å². The summed E-state index contributed by atoms with van der Waals surface area (Å²) in [7, 11) is 0. The van der Waals surface area contributed by atoms with Crippen LogP contribution in [-0.2, 0) is 16.1 Å². The molecule has 0 spiro atoms. The van der Waals surface area contributed by atoms with E-state index < -0.39 is 11.8 Å². The molecule has 5 rings (SSSR count). The first-order valence-electron chi connectivity index (χ1n) is 9.27. The Morgan fingerprint density at radius 2 is 1.72 bits per heavy atom. The van der Waals surface area contributed by atoms with Gasteiger partial charge in [-0.05, 0) is 18.2 Å². The second kappa shape index (κ2) is 6.35. The molecule has 0 unspecified atom stereocenters. The Hall–Kier alpha value is -3.84. The highest BCUT2D eigenvalue weighted by Crippen LogP contribution is 2.38. The van der Waals surface area contributed by atoms with Crippen LogP contribution in [0.25, 0.3) is 33.0 Å². The van der Waals surface area contributed by atoms with Gasteiger partial charge < -0.3 is 20.4 Å². The van der Waals surface area contributed by atoms with Crippen LogP contribution < -0.4 is 11.1 Å². The number of aromatic amines is 1. The van der Waals surface area contributed by atoms with Gasteiger partial charge in [-0.1, -0.05) is 18.2 Å². The van der Waals surface area contributed by atoms with Gasteiger partial charge in [-0.3, -0.25) is 14.9 Å². The van der Waals surface area contributed by atoms with Crippen LogP contribution in [0.15, 0.2) is 54.9 Å². The Morgan fingerprint density at radius 1 is 0.966 bits per heavy atom. The van der Waals surface area contributed by atoms with Gasteiger partial charge in [-0.15, -0.1) is 0 Å². The van der Waals surface area contributed by atoms with Gasteiger partial charge >= 0.3 is 0 Å². The lowest BCUT2D eigenvalue weighted by Crippen LogP contribution is -2.22. The monoisotopic (exact) mass is 386 g/mol. The minimum absolute atomic E-state index is 0.123. The quantitative estimate of drug-likeness (QED) is 0.403. The average molecular weight is 386 g/mol. The van der Waals surface area contributed by atoms with Gasteiger partial charge in [0.05, 0.1) is 16.7 Å². The Labute approximate surface area is 165 Å². The molecule has 2 aromatic carbocycles. The van der Waals surface area contributed by atoms with Crippen molar-refractivity contribution in [3.8, 4) is 5.75 Å². The number of phenols is 1. The topological polar surface area (TPSA) is 113 Å². The fraction of sp³-hybridized carbons (Fsp3) is 0.0909. The van der Waals surface area contributed by atoms with E-state index in [0.717, 1.165) is 21.8 Å². The van der Waals surface area contributed by atoms with Gasteiger partial charge in [0, 0.05) is 59.0 Å². The van der Waals surface area contributed by atoms with Crippen molar-refractivity contribution < 1.29 is 14.7 Å². The number of nitrogens with one attached hydrogen (secondary N) is 2. The lowest BCUT2D eigenvalue weighted by atomic mass is 9.95. The van der Waals surface area contributed by atoms with Gasteiger partial charge in [0.25, 0.3) is 11.8 Å². The number of aromatic nitrogens is 2. The molecule has 7 heteroatoms. The van der Waals surface area contributed by atoms with Crippen LogP contribution in [0.1, 0.15) is 11.1 Å². The number of carbonyl (C=O) groups is 2. The highest BCUT2D eigenvalue weighted by molar-refractivity contribution is 6.50. The molecule has 1 aliphatic rings. The van der Waals surface area contributed by atoms with Gasteiger partial charge in [-0.25, -0.2) is 0 Å². The second-order valence-corrected chi connectivity index (χ2v) is 7.01. The first-order valence-corrected chi connectivity index (χ1v) is 9.27. The van der Waals surface area contributed by atoms with E-state index in [1.165, 1.54) is 0 Å². The van der Waals surface area contributed by atoms with Crippen LogP contribution in [0.5, 0.6) is 5.75 Å². The Morgan fingerprint density at radius 3 is 2.52 bits per heavy atom. The van der Waals surface area contributed by atoms with Crippen molar-refractivity contribution in [2.45, 2.75) is 6.54 Å². The van der Waals surface area contributed by atoms with Crippen molar-refractivity contribution >= 4 is 44.8 Å². The van der Waals surface area contributed by atoms with Crippen LogP contribution in [0.2, 0.25) is 0 Å². The SMILES string of the molecule is NCCn1cc(C2=C(c3c[nH]c4ccccc34)C(=O)NC2=O)c2ccc(O)cc21. The Balaban J connectivity index is 1.83. The first kappa shape index (κ1) is 17.3. The number of H-pyrrole nitrogens is 1. The fourth-order valence-corrected chi connectivity index (χ4v) is 4.05. The third kappa shape index (κ3) is 2.55. The highest BCUT2D eigenvalue weighted by atomic mass is 16.3. The molecule has 1 aliphatic heterocycles. The molecule has 0 saturated heterocycles. The zero-order chi connectivity index (χ0) is 20.1. The van der Waals surface area contributed by atoms with Crippen LogP contribution >= 0.6 is 0 Å². The molecule has 0 atom stereocenters. The van der Waals surface area contributed by atoms with Gasteiger partial charge in [-0.2, -0.15) is 0 Å². The third-order valence-electron chi connectivity index (χ3n) is 5.29. The lowest BCUT2D eigenvalue weighted by molar-refractivity contribution is -0.122. The predicted octanol–water partition coefficient (Wildman–Crippen LogP) is 2.35. The summed E-state index contributed by atoms with van der Waals surface area (Å²) in [5.41, 5.74) is 9.35. The maximum Gasteiger partial charge on any atom is 0.259 e. The zero-order valence-electron chi connectivity index (χ0n) is 15.4. The summed E-state index contributed by atoms with van der Waals surface area (Å²) in [5.74, 6) is -0.735. The van der Waals surface area contributed by atoms with Crippen molar-refractivity contribution in [3.63, 3.8) is 0 Å². The maximum atomic E-state index is 12.8. The van der Waals surface area contributed by atoms with E-state index in [1.54, 1.807) is 24.4 Å². The Kier molecular flexibility index (Phi) is 3.78. The van der Waals surface area contributed by atoms with E-state index in [4.69, 9.17) is 5.73 Å². The van der Waals surface area contributed by atoms with E-state index in [-0.39, 0.29) is 5.75 Å². The number of nitrogens with zero attached hydrogens (tertiary/aromatic N) is 1. The van der Waals surface area contributed by atoms with Crippen molar-refractivity contribution in [1.29, 1.82) is 0 Å². The molecule has 29 heavy (non-hydrogen) atoms. The number of phenolic OH excluding ortho intramolecular Hbond substituents is 1. The summed E-state index contributed by atoms with van der Waals surface area (Å²) in [6.07, 6.45) is 3.57. The largest absolute Gasteiger partial charge is 0.508 e. The Bertz CT molecular complexity index is 1340. The molecular formula is C22H18N4O3. The molecule has 0 fully saturated rings. The summed E-state index contributed by atoms with van der Waals surface area (Å²) < 4.78 is 1.89. The van der Waals surface area contributed by atoms with E-state index >= 15 is 0 Å². The third-order valence-corrected chi connectivity index (χ3v) is 5.29. The number of benzene rings is 2. The van der Waals surface area contributed by atoms with Crippen molar-refractivity contribution in [2.75, 3.05) is 6.54 Å². The minimum atomic E-state index is -0.435. The molecule has 7 nitrogen and oxygen atoms in total. The predicted molar refractivity (Wildman–Crippen MR) is 111 cm³/mol. The molecule has 2 aromatic heterocycles. The smallest absolute Gasteiger partial charge is 0.259 e. The molecule has 5 N–H and O–H groups in total. The van der Waals surface area contributed by atoms with E-state index in [9.17, 15) is 14.7 Å². The molecular weight excluding hydrogens is 368 g/mol. The van der Waals surface area contributed by atoms with Gasteiger partial charge in [0.2, 0.25) is 0 Å². The minimum Gasteiger partial charge on any atom is -0.508 e. The summed E-state index contributed by atoms with van der Waals surface area (Å²) in [5, 5.41) is 14.0.